The second-order valence-electron chi connectivity index (χ2n) is 4.51. The fraction of sp³-hybridized carbons (Fsp3) is 0.533. The zero-order valence-electron chi connectivity index (χ0n) is 12.6. The molecule has 0 aliphatic rings. The fourth-order valence-electron chi connectivity index (χ4n) is 2.00. The van der Waals surface area contributed by atoms with Crippen LogP contribution >= 0.6 is 0 Å². The van der Waals surface area contributed by atoms with Crippen LogP contribution in [0.2, 0.25) is 0 Å². The lowest BCUT2D eigenvalue weighted by Gasteiger charge is -2.22. The first-order valence-corrected chi connectivity index (χ1v) is 6.93. The van der Waals surface area contributed by atoms with Crippen LogP contribution in [0, 0.1) is 5.41 Å². The van der Waals surface area contributed by atoms with Crippen LogP contribution in [-0.2, 0) is 11.3 Å². The maximum atomic E-state index is 7.53. The number of methoxy groups -OCH3 is 1. The summed E-state index contributed by atoms with van der Waals surface area (Å²) in [6.45, 7) is 8.13. The molecule has 0 unspecified atom stereocenters. The van der Waals surface area contributed by atoms with E-state index in [1.807, 2.05) is 19.1 Å². The highest BCUT2D eigenvalue weighted by atomic mass is 16.5. The van der Waals surface area contributed by atoms with Gasteiger partial charge in [0.2, 0.25) is 0 Å². The maximum absolute atomic E-state index is 7.53. The standard InChI is InChI=1S/C15H25N3O2/c1-4-18(8-9-20-5-2)11-13-10-12(15(16)17)6-7-14(13)19-3/h6-7,10H,4-5,8-9,11H2,1-3H3,(H3,16,17). The summed E-state index contributed by atoms with van der Waals surface area (Å²) in [5.41, 5.74) is 7.31. The average Bonchev–Trinajstić information content (AvgIpc) is 2.46. The predicted molar refractivity (Wildman–Crippen MR) is 81.5 cm³/mol. The molecule has 0 saturated carbocycles. The van der Waals surface area contributed by atoms with Crippen LogP contribution in [0.25, 0.3) is 0 Å². The molecular formula is C15H25N3O2. The molecule has 1 rings (SSSR count). The molecule has 5 nitrogen and oxygen atoms in total. The molecule has 0 heterocycles. The van der Waals surface area contributed by atoms with E-state index in [1.54, 1.807) is 13.2 Å². The molecule has 5 heteroatoms. The van der Waals surface area contributed by atoms with Gasteiger partial charge in [-0.15, -0.1) is 0 Å². The number of hydrogen-bond acceptors (Lipinski definition) is 4. The summed E-state index contributed by atoms with van der Waals surface area (Å²) in [6, 6.07) is 5.59. The largest absolute Gasteiger partial charge is 0.496 e. The molecule has 3 N–H and O–H groups in total. The van der Waals surface area contributed by atoms with Crippen molar-refractivity contribution < 1.29 is 9.47 Å². The Hall–Kier alpha value is -1.59. The van der Waals surface area contributed by atoms with Gasteiger partial charge in [-0.05, 0) is 31.7 Å². The van der Waals surface area contributed by atoms with Gasteiger partial charge in [0.25, 0.3) is 0 Å². The van der Waals surface area contributed by atoms with Crippen molar-refractivity contribution in [3.8, 4) is 5.75 Å². The van der Waals surface area contributed by atoms with Gasteiger partial charge in [-0.25, -0.2) is 0 Å². The summed E-state index contributed by atoms with van der Waals surface area (Å²) in [7, 11) is 1.66. The molecule has 0 aromatic heterocycles. The number of hydrogen-bond donors (Lipinski definition) is 2. The van der Waals surface area contributed by atoms with Crippen LogP contribution in [0.3, 0.4) is 0 Å². The molecule has 0 aliphatic heterocycles. The third kappa shape index (κ3) is 4.83. The van der Waals surface area contributed by atoms with E-state index < -0.39 is 0 Å². The van der Waals surface area contributed by atoms with Crippen LogP contribution < -0.4 is 10.5 Å². The number of nitrogens with two attached hydrogens (primary N) is 1. The Morgan fingerprint density at radius 3 is 2.65 bits per heavy atom. The number of rotatable bonds is 9. The molecular weight excluding hydrogens is 254 g/mol. The molecule has 0 radical (unpaired) electrons. The van der Waals surface area contributed by atoms with E-state index in [2.05, 4.69) is 11.8 Å². The van der Waals surface area contributed by atoms with Gasteiger partial charge in [0.15, 0.2) is 0 Å². The summed E-state index contributed by atoms with van der Waals surface area (Å²) in [5, 5.41) is 7.53. The molecule has 0 saturated heterocycles. The van der Waals surface area contributed by atoms with Crippen LogP contribution in [0.15, 0.2) is 18.2 Å². The first kappa shape index (κ1) is 16.5. The van der Waals surface area contributed by atoms with Crippen molar-refractivity contribution in [2.45, 2.75) is 20.4 Å². The molecule has 0 spiro atoms. The SMILES string of the molecule is CCOCCN(CC)Cc1cc(C(=N)N)ccc1OC. The fourth-order valence-corrected chi connectivity index (χ4v) is 2.00. The third-order valence-corrected chi connectivity index (χ3v) is 3.19. The van der Waals surface area contributed by atoms with Gasteiger partial charge in [0.05, 0.1) is 13.7 Å². The minimum absolute atomic E-state index is 0.0752. The number of nitrogen functional groups attached to an aromatic ring is 1. The van der Waals surface area contributed by atoms with E-state index in [9.17, 15) is 0 Å². The van der Waals surface area contributed by atoms with Gasteiger partial charge in [-0.1, -0.05) is 6.92 Å². The van der Waals surface area contributed by atoms with Crippen molar-refractivity contribution in [1.29, 1.82) is 5.41 Å². The summed E-state index contributed by atoms with van der Waals surface area (Å²) in [6.07, 6.45) is 0. The first-order chi connectivity index (χ1) is 9.62. The number of nitrogens with zero attached hydrogens (tertiary/aromatic N) is 1. The van der Waals surface area contributed by atoms with Crippen molar-refractivity contribution in [2.75, 3.05) is 33.4 Å². The highest BCUT2D eigenvalue weighted by Gasteiger charge is 2.10. The lowest BCUT2D eigenvalue weighted by Crippen LogP contribution is -2.27. The number of nitrogens with one attached hydrogen (secondary N) is 1. The zero-order valence-corrected chi connectivity index (χ0v) is 12.6. The summed E-state index contributed by atoms with van der Waals surface area (Å²) in [4.78, 5) is 2.28. The highest BCUT2D eigenvalue weighted by molar-refractivity contribution is 5.95. The van der Waals surface area contributed by atoms with Crippen LogP contribution in [-0.4, -0.2) is 44.1 Å². The van der Waals surface area contributed by atoms with E-state index in [1.165, 1.54) is 0 Å². The van der Waals surface area contributed by atoms with Gasteiger partial charge < -0.3 is 15.2 Å². The lowest BCUT2D eigenvalue weighted by molar-refractivity contribution is 0.112. The topological polar surface area (TPSA) is 71.6 Å². The highest BCUT2D eigenvalue weighted by Crippen LogP contribution is 2.21. The van der Waals surface area contributed by atoms with Gasteiger partial charge in [-0.2, -0.15) is 0 Å². The van der Waals surface area contributed by atoms with Crippen LogP contribution in [0.4, 0.5) is 0 Å². The van der Waals surface area contributed by atoms with Crippen LogP contribution in [0.1, 0.15) is 25.0 Å². The summed E-state index contributed by atoms with van der Waals surface area (Å²) >= 11 is 0. The molecule has 0 atom stereocenters. The number of ether oxygens (including phenoxy) is 2. The molecule has 0 bridgehead atoms. The van der Waals surface area contributed by atoms with Gasteiger partial charge in [0.1, 0.15) is 11.6 Å². The smallest absolute Gasteiger partial charge is 0.123 e. The van der Waals surface area contributed by atoms with E-state index >= 15 is 0 Å². The zero-order chi connectivity index (χ0) is 15.0. The summed E-state index contributed by atoms with van der Waals surface area (Å²) < 4.78 is 10.8. The predicted octanol–water partition coefficient (Wildman–Crippen LogP) is 1.84. The molecule has 1 aromatic rings. The van der Waals surface area contributed by atoms with Crippen molar-refractivity contribution in [3.63, 3.8) is 0 Å². The Morgan fingerprint density at radius 2 is 2.10 bits per heavy atom. The number of likely N-dealkylation sites (N-methyl/N-ethyl adjacent to an activating group) is 1. The molecule has 0 aliphatic carbocycles. The van der Waals surface area contributed by atoms with E-state index in [0.29, 0.717) is 0 Å². The average molecular weight is 279 g/mol. The second kappa shape index (κ2) is 8.55. The van der Waals surface area contributed by atoms with Crippen molar-refractivity contribution in [2.24, 2.45) is 5.73 Å². The quantitative estimate of drug-likeness (QED) is 0.411. The van der Waals surface area contributed by atoms with E-state index in [0.717, 1.165) is 49.7 Å². The summed E-state index contributed by atoms with van der Waals surface area (Å²) in [5.74, 6) is 0.899. The van der Waals surface area contributed by atoms with E-state index in [4.69, 9.17) is 20.6 Å². The minimum atomic E-state index is 0.0752. The molecule has 1 aromatic carbocycles. The lowest BCUT2D eigenvalue weighted by atomic mass is 10.1. The number of benzene rings is 1. The Bertz CT molecular complexity index is 435. The Morgan fingerprint density at radius 1 is 1.35 bits per heavy atom. The third-order valence-electron chi connectivity index (χ3n) is 3.19. The second-order valence-corrected chi connectivity index (χ2v) is 4.51. The van der Waals surface area contributed by atoms with Crippen molar-refractivity contribution >= 4 is 5.84 Å². The minimum Gasteiger partial charge on any atom is -0.496 e. The van der Waals surface area contributed by atoms with Gasteiger partial charge >= 0.3 is 0 Å². The molecule has 112 valence electrons. The van der Waals surface area contributed by atoms with Crippen molar-refractivity contribution in [3.05, 3.63) is 29.3 Å². The van der Waals surface area contributed by atoms with Crippen molar-refractivity contribution in [1.82, 2.24) is 4.90 Å². The van der Waals surface area contributed by atoms with Crippen LogP contribution in [0.5, 0.6) is 5.75 Å². The first-order valence-electron chi connectivity index (χ1n) is 6.93. The molecule has 0 amide bonds. The molecule has 20 heavy (non-hydrogen) atoms. The maximum Gasteiger partial charge on any atom is 0.123 e. The number of amidine groups is 1. The normalized spacial score (nSPS) is 10.8. The van der Waals surface area contributed by atoms with Gasteiger partial charge in [-0.3, -0.25) is 10.3 Å². The molecule has 0 fully saturated rings. The Kier molecular flexibility index (Phi) is 7.04. The Balaban J connectivity index is 2.81. The van der Waals surface area contributed by atoms with Gasteiger partial charge in [0, 0.05) is 30.8 Å². The Labute approximate surface area is 121 Å². The van der Waals surface area contributed by atoms with E-state index in [-0.39, 0.29) is 5.84 Å². The monoisotopic (exact) mass is 279 g/mol.